The van der Waals surface area contributed by atoms with Crippen molar-refractivity contribution in [2.24, 2.45) is 0 Å². The van der Waals surface area contributed by atoms with Crippen LogP contribution < -0.4 is 5.32 Å². The van der Waals surface area contributed by atoms with Crippen molar-refractivity contribution in [1.82, 2.24) is 0 Å². The third-order valence-corrected chi connectivity index (χ3v) is 3.57. The van der Waals surface area contributed by atoms with Crippen LogP contribution in [0.4, 0.5) is 5.69 Å². The number of halogens is 2. The van der Waals surface area contributed by atoms with Crippen molar-refractivity contribution in [3.63, 3.8) is 0 Å². The molecule has 0 fully saturated rings. The van der Waals surface area contributed by atoms with E-state index in [0.29, 0.717) is 0 Å². The number of hydrogen-bond acceptors (Lipinski definition) is 2. The van der Waals surface area contributed by atoms with Gasteiger partial charge in [-0.2, -0.15) is 0 Å². The van der Waals surface area contributed by atoms with Gasteiger partial charge in [-0.1, -0.05) is 39.7 Å². The van der Waals surface area contributed by atoms with Gasteiger partial charge >= 0.3 is 5.97 Å². The fourth-order valence-electron chi connectivity index (χ4n) is 1.71. The fourth-order valence-corrected chi connectivity index (χ4v) is 2.29. The van der Waals surface area contributed by atoms with Gasteiger partial charge < -0.3 is 10.4 Å². The molecule has 0 aromatic heterocycles. The molecule has 4 nitrogen and oxygen atoms in total. The molecule has 0 heterocycles. The molecule has 0 aliphatic carbocycles. The minimum absolute atomic E-state index is 0.0515. The Morgan fingerprint density at radius 2 is 1.95 bits per heavy atom. The van der Waals surface area contributed by atoms with E-state index in [2.05, 4.69) is 21.2 Å². The monoisotopic (exact) mass is 379 g/mol. The third-order valence-electron chi connectivity index (χ3n) is 2.75. The molecule has 112 valence electrons. The van der Waals surface area contributed by atoms with E-state index >= 15 is 0 Å². The largest absolute Gasteiger partial charge is 0.478 e. The molecule has 0 aliphatic heterocycles. The molecule has 0 unspecified atom stereocenters. The Morgan fingerprint density at radius 1 is 1.18 bits per heavy atom. The van der Waals surface area contributed by atoms with Gasteiger partial charge in [-0.25, -0.2) is 4.79 Å². The first kappa shape index (κ1) is 16.3. The van der Waals surface area contributed by atoms with E-state index in [4.69, 9.17) is 16.7 Å². The Labute approximate surface area is 140 Å². The molecule has 0 saturated heterocycles. The molecular formula is C16H11BrClNO3. The standard InChI is InChI=1S/C16H11BrClNO3/c17-12-3-1-2-10(8-12)4-7-15(20)19-14-9-11(16(21)22)5-6-13(14)18/h1-9H,(H,19,20)(H,21,22)/b7-4+. The van der Waals surface area contributed by atoms with Crippen LogP contribution in [-0.4, -0.2) is 17.0 Å². The van der Waals surface area contributed by atoms with Crippen molar-refractivity contribution in [3.8, 4) is 0 Å². The zero-order valence-electron chi connectivity index (χ0n) is 11.2. The van der Waals surface area contributed by atoms with Crippen LogP contribution in [0.5, 0.6) is 0 Å². The smallest absolute Gasteiger partial charge is 0.335 e. The number of carboxylic acid groups (broad SMARTS) is 1. The fraction of sp³-hybridized carbons (Fsp3) is 0. The van der Waals surface area contributed by atoms with E-state index in [9.17, 15) is 9.59 Å². The Bertz CT molecular complexity index is 759. The number of hydrogen-bond donors (Lipinski definition) is 2. The first-order valence-corrected chi connectivity index (χ1v) is 7.40. The van der Waals surface area contributed by atoms with Crippen molar-refractivity contribution in [2.45, 2.75) is 0 Å². The number of amides is 1. The van der Waals surface area contributed by atoms with Gasteiger partial charge in [-0.05, 0) is 42.0 Å². The molecule has 0 radical (unpaired) electrons. The van der Waals surface area contributed by atoms with Crippen LogP contribution in [0.1, 0.15) is 15.9 Å². The summed E-state index contributed by atoms with van der Waals surface area (Å²) in [6, 6.07) is 11.6. The molecular weight excluding hydrogens is 370 g/mol. The highest BCUT2D eigenvalue weighted by Gasteiger charge is 2.08. The van der Waals surface area contributed by atoms with E-state index in [-0.39, 0.29) is 16.3 Å². The van der Waals surface area contributed by atoms with Crippen molar-refractivity contribution >= 4 is 51.2 Å². The van der Waals surface area contributed by atoms with Crippen LogP contribution in [0.15, 0.2) is 53.0 Å². The van der Waals surface area contributed by atoms with E-state index in [1.54, 1.807) is 6.08 Å². The zero-order valence-corrected chi connectivity index (χ0v) is 13.6. The molecule has 22 heavy (non-hydrogen) atoms. The summed E-state index contributed by atoms with van der Waals surface area (Å²) in [7, 11) is 0. The van der Waals surface area contributed by atoms with Crippen molar-refractivity contribution < 1.29 is 14.7 Å². The zero-order chi connectivity index (χ0) is 16.1. The number of anilines is 1. The SMILES string of the molecule is O=C(/C=C/c1cccc(Br)c1)Nc1cc(C(=O)O)ccc1Cl. The number of rotatable bonds is 4. The second-order valence-corrected chi connectivity index (χ2v) is 5.70. The summed E-state index contributed by atoms with van der Waals surface area (Å²) in [5.41, 5.74) is 1.16. The van der Waals surface area contributed by atoms with Crippen LogP contribution in [0.25, 0.3) is 6.08 Å². The number of carbonyl (C=O) groups excluding carboxylic acids is 1. The first-order valence-electron chi connectivity index (χ1n) is 6.23. The lowest BCUT2D eigenvalue weighted by molar-refractivity contribution is -0.111. The van der Waals surface area contributed by atoms with Gasteiger partial charge in [0.15, 0.2) is 0 Å². The summed E-state index contributed by atoms with van der Waals surface area (Å²) in [6.45, 7) is 0. The van der Waals surface area contributed by atoms with Gasteiger partial charge in [0, 0.05) is 10.5 Å². The number of carboxylic acids is 1. The third kappa shape index (κ3) is 4.44. The van der Waals surface area contributed by atoms with Crippen LogP contribution in [-0.2, 0) is 4.79 Å². The number of benzene rings is 2. The summed E-state index contributed by atoms with van der Waals surface area (Å²) in [4.78, 5) is 22.8. The van der Waals surface area contributed by atoms with E-state index in [1.807, 2.05) is 24.3 Å². The highest BCUT2D eigenvalue weighted by molar-refractivity contribution is 9.10. The quantitative estimate of drug-likeness (QED) is 0.770. The van der Waals surface area contributed by atoms with E-state index < -0.39 is 11.9 Å². The summed E-state index contributed by atoms with van der Waals surface area (Å²) >= 11 is 9.29. The molecule has 0 spiro atoms. The Morgan fingerprint density at radius 3 is 2.64 bits per heavy atom. The number of aromatic carboxylic acids is 1. The molecule has 0 atom stereocenters. The molecule has 1 amide bonds. The molecule has 0 saturated carbocycles. The Balaban J connectivity index is 2.12. The number of carbonyl (C=O) groups is 2. The van der Waals surface area contributed by atoms with Gasteiger partial charge in [0.05, 0.1) is 16.3 Å². The minimum Gasteiger partial charge on any atom is -0.478 e. The molecule has 2 aromatic carbocycles. The van der Waals surface area contributed by atoms with E-state index in [0.717, 1.165) is 10.0 Å². The topological polar surface area (TPSA) is 66.4 Å². The highest BCUT2D eigenvalue weighted by atomic mass is 79.9. The van der Waals surface area contributed by atoms with Crippen LogP contribution >= 0.6 is 27.5 Å². The lowest BCUT2D eigenvalue weighted by Crippen LogP contribution is -2.09. The minimum atomic E-state index is -1.09. The Hall–Kier alpha value is -2.11. The molecule has 2 aromatic rings. The summed E-state index contributed by atoms with van der Waals surface area (Å²) in [5.74, 6) is -1.48. The molecule has 0 bridgehead atoms. The first-order chi connectivity index (χ1) is 10.5. The number of nitrogens with one attached hydrogen (secondary N) is 1. The van der Waals surface area contributed by atoms with Crippen molar-refractivity contribution in [2.75, 3.05) is 5.32 Å². The van der Waals surface area contributed by atoms with Gasteiger partial charge in [0.25, 0.3) is 0 Å². The second-order valence-electron chi connectivity index (χ2n) is 4.38. The van der Waals surface area contributed by atoms with Gasteiger partial charge in [-0.3, -0.25) is 4.79 Å². The average molecular weight is 381 g/mol. The van der Waals surface area contributed by atoms with Gasteiger partial charge in [0.1, 0.15) is 0 Å². The summed E-state index contributed by atoms with van der Waals surface area (Å²) < 4.78 is 0.910. The Kier molecular flexibility index (Phi) is 5.35. The normalized spacial score (nSPS) is 10.6. The maximum atomic E-state index is 11.9. The molecule has 6 heteroatoms. The van der Waals surface area contributed by atoms with Gasteiger partial charge in [-0.15, -0.1) is 0 Å². The molecule has 0 aliphatic rings. The average Bonchev–Trinajstić information content (AvgIpc) is 2.47. The highest BCUT2D eigenvalue weighted by Crippen LogP contribution is 2.23. The maximum absolute atomic E-state index is 11.9. The van der Waals surface area contributed by atoms with Crippen LogP contribution in [0.3, 0.4) is 0 Å². The molecule has 2 N–H and O–H groups in total. The van der Waals surface area contributed by atoms with Crippen LogP contribution in [0.2, 0.25) is 5.02 Å². The lowest BCUT2D eigenvalue weighted by atomic mass is 10.2. The van der Waals surface area contributed by atoms with Crippen molar-refractivity contribution in [3.05, 3.63) is 69.2 Å². The predicted molar refractivity (Wildman–Crippen MR) is 90.2 cm³/mol. The van der Waals surface area contributed by atoms with Crippen molar-refractivity contribution in [1.29, 1.82) is 0 Å². The van der Waals surface area contributed by atoms with Crippen LogP contribution in [0, 0.1) is 0 Å². The van der Waals surface area contributed by atoms with Gasteiger partial charge in [0.2, 0.25) is 5.91 Å². The maximum Gasteiger partial charge on any atom is 0.335 e. The summed E-state index contributed by atoms with van der Waals surface area (Å²) in [5, 5.41) is 11.8. The molecule has 2 rings (SSSR count). The lowest BCUT2D eigenvalue weighted by Gasteiger charge is -2.06. The summed E-state index contributed by atoms with van der Waals surface area (Å²) in [6.07, 6.45) is 3.00. The van der Waals surface area contributed by atoms with E-state index in [1.165, 1.54) is 24.3 Å². The predicted octanol–water partition coefficient (Wildman–Crippen LogP) is 4.45. The second kappa shape index (κ2) is 7.24.